The summed E-state index contributed by atoms with van der Waals surface area (Å²) in [7, 11) is 0. The number of carbonyl (C=O) groups is 1. The number of morpholine rings is 1. The van der Waals surface area contributed by atoms with Crippen molar-refractivity contribution < 1.29 is 27.4 Å². The van der Waals surface area contributed by atoms with Crippen LogP contribution in [0.25, 0.3) is 0 Å². The number of nitrogens with zero attached hydrogens (tertiary/aromatic N) is 1. The van der Waals surface area contributed by atoms with Crippen LogP contribution < -0.4 is 10.1 Å². The second kappa shape index (κ2) is 7.08. The Morgan fingerprint density at radius 1 is 1.43 bits per heavy atom. The van der Waals surface area contributed by atoms with Crippen LogP contribution >= 0.6 is 0 Å². The van der Waals surface area contributed by atoms with E-state index >= 15 is 0 Å². The van der Waals surface area contributed by atoms with Gasteiger partial charge in [-0.1, -0.05) is 6.07 Å². The molecule has 0 aliphatic carbocycles. The normalized spacial score (nSPS) is 21.9. The molecule has 8 heteroatoms. The predicted octanol–water partition coefficient (Wildman–Crippen LogP) is 3.27. The van der Waals surface area contributed by atoms with E-state index in [4.69, 9.17) is 4.74 Å². The molecular weight excluding hydrogens is 313 g/mol. The maximum Gasteiger partial charge on any atom is 0.422 e. The molecule has 1 aromatic rings. The van der Waals surface area contributed by atoms with Gasteiger partial charge < -0.3 is 19.7 Å². The third kappa shape index (κ3) is 5.02. The second-order valence-corrected chi connectivity index (χ2v) is 5.37. The first-order valence-corrected chi connectivity index (χ1v) is 7.25. The Morgan fingerprint density at radius 2 is 2.17 bits per heavy atom. The Bertz CT molecular complexity index is 551. The van der Waals surface area contributed by atoms with Gasteiger partial charge in [0.05, 0.1) is 18.8 Å². The van der Waals surface area contributed by atoms with E-state index in [0.717, 1.165) is 0 Å². The summed E-state index contributed by atoms with van der Waals surface area (Å²) in [5.41, 5.74) is 0.376. The highest BCUT2D eigenvalue weighted by atomic mass is 19.4. The van der Waals surface area contributed by atoms with E-state index in [-0.39, 0.29) is 23.9 Å². The number of alkyl halides is 3. The number of rotatable bonds is 3. The lowest BCUT2D eigenvalue weighted by Gasteiger charge is -2.37. The van der Waals surface area contributed by atoms with Crippen LogP contribution in [-0.2, 0) is 4.74 Å². The molecule has 1 N–H and O–H groups in total. The fraction of sp³-hybridized carbons (Fsp3) is 0.533. The highest BCUT2D eigenvalue weighted by molar-refractivity contribution is 5.89. The number of hydrogen-bond acceptors (Lipinski definition) is 3. The molecule has 2 rings (SSSR count). The minimum Gasteiger partial charge on any atom is -0.484 e. The van der Waals surface area contributed by atoms with E-state index < -0.39 is 12.8 Å². The number of carbonyl (C=O) groups excluding carboxylic acids is 1. The lowest BCUT2D eigenvalue weighted by atomic mass is 10.1. The molecule has 128 valence electrons. The molecule has 1 aliphatic heterocycles. The summed E-state index contributed by atoms with van der Waals surface area (Å²) >= 11 is 0. The van der Waals surface area contributed by atoms with Gasteiger partial charge in [0.2, 0.25) is 0 Å². The molecule has 2 atom stereocenters. The molecule has 0 unspecified atom stereocenters. The average Bonchev–Trinajstić information content (AvgIpc) is 2.47. The summed E-state index contributed by atoms with van der Waals surface area (Å²) in [6.45, 7) is 3.31. The molecule has 1 aliphatic rings. The highest BCUT2D eigenvalue weighted by Gasteiger charge is 2.30. The topological polar surface area (TPSA) is 50.8 Å². The number of hydrogen-bond donors (Lipinski definition) is 1. The molecule has 0 radical (unpaired) electrons. The fourth-order valence-corrected chi connectivity index (χ4v) is 2.24. The Balaban J connectivity index is 1.98. The monoisotopic (exact) mass is 332 g/mol. The summed E-state index contributed by atoms with van der Waals surface area (Å²) in [5.74, 6) is 0.0449. The summed E-state index contributed by atoms with van der Waals surface area (Å²) in [5, 5.41) is 2.67. The molecule has 1 aromatic carbocycles. The van der Waals surface area contributed by atoms with Crippen molar-refractivity contribution in [1.29, 1.82) is 0 Å². The summed E-state index contributed by atoms with van der Waals surface area (Å²) in [4.78, 5) is 13.9. The van der Waals surface area contributed by atoms with E-state index in [9.17, 15) is 18.0 Å². The molecule has 0 bridgehead atoms. The largest absolute Gasteiger partial charge is 0.484 e. The molecule has 2 amide bonds. The molecular formula is C15H19F3N2O3. The zero-order valence-corrected chi connectivity index (χ0v) is 12.9. The zero-order valence-electron chi connectivity index (χ0n) is 12.9. The minimum atomic E-state index is -4.40. The molecule has 0 aromatic heterocycles. The summed E-state index contributed by atoms with van der Waals surface area (Å²) in [6, 6.07) is 5.47. The molecule has 0 spiro atoms. The van der Waals surface area contributed by atoms with Crippen LogP contribution in [0.2, 0.25) is 0 Å². The quantitative estimate of drug-likeness (QED) is 0.924. The number of amides is 2. The van der Waals surface area contributed by atoms with Crippen molar-refractivity contribution in [1.82, 2.24) is 4.90 Å². The van der Waals surface area contributed by atoms with E-state index in [2.05, 4.69) is 10.1 Å². The van der Waals surface area contributed by atoms with Crippen LogP contribution in [0.1, 0.15) is 13.8 Å². The lowest BCUT2D eigenvalue weighted by molar-refractivity contribution is -0.153. The first-order valence-electron chi connectivity index (χ1n) is 7.25. The Kier molecular flexibility index (Phi) is 5.35. The van der Waals surface area contributed by atoms with Crippen molar-refractivity contribution in [2.75, 3.05) is 25.1 Å². The third-order valence-electron chi connectivity index (χ3n) is 3.63. The number of benzene rings is 1. The van der Waals surface area contributed by atoms with Gasteiger partial charge in [-0.15, -0.1) is 0 Å². The maximum atomic E-state index is 12.3. The van der Waals surface area contributed by atoms with E-state index in [1.54, 1.807) is 11.0 Å². The zero-order chi connectivity index (χ0) is 17.0. The van der Waals surface area contributed by atoms with Crippen LogP contribution in [0, 0.1) is 0 Å². The number of halogens is 3. The average molecular weight is 332 g/mol. The van der Waals surface area contributed by atoms with Gasteiger partial charge >= 0.3 is 12.2 Å². The maximum absolute atomic E-state index is 12.3. The second-order valence-electron chi connectivity index (χ2n) is 5.37. The summed E-state index contributed by atoms with van der Waals surface area (Å²) < 4.78 is 46.6. The molecule has 1 fully saturated rings. The predicted molar refractivity (Wildman–Crippen MR) is 78.6 cm³/mol. The van der Waals surface area contributed by atoms with Gasteiger partial charge in [-0.05, 0) is 26.0 Å². The van der Waals surface area contributed by atoms with Crippen LogP contribution in [0.15, 0.2) is 24.3 Å². The number of anilines is 1. The highest BCUT2D eigenvalue weighted by Crippen LogP contribution is 2.22. The van der Waals surface area contributed by atoms with Gasteiger partial charge in [0.15, 0.2) is 6.61 Å². The Labute approximate surface area is 132 Å². The van der Waals surface area contributed by atoms with Gasteiger partial charge in [0.25, 0.3) is 0 Å². The van der Waals surface area contributed by atoms with E-state index in [1.807, 2.05) is 13.8 Å². The standard InChI is InChI=1S/C15H19F3N2O3/c1-10-11(2)22-7-6-20(10)14(21)19-12-4-3-5-13(8-12)23-9-15(16,17)18/h3-5,8,10-11H,6-7,9H2,1-2H3,(H,19,21)/t10-,11+/m0/s1. The van der Waals surface area contributed by atoms with Gasteiger partial charge in [-0.3, -0.25) is 0 Å². The lowest BCUT2D eigenvalue weighted by Crippen LogP contribution is -2.52. The van der Waals surface area contributed by atoms with Crippen molar-refractivity contribution >= 4 is 11.7 Å². The van der Waals surface area contributed by atoms with Gasteiger partial charge in [-0.25, -0.2) is 4.79 Å². The molecule has 0 saturated carbocycles. The Hall–Kier alpha value is -1.96. The third-order valence-corrected chi connectivity index (χ3v) is 3.63. The molecule has 1 heterocycles. The van der Waals surface area contributed by atoms with E-state index in [0.29, 0.717) is 18.8 Å². The van der Waals surface area contributed by atoms with E-state index in [1.165, 1.54) is 18.2 Å². The van der Waals surface area contributed by atoms with Crippen molar-refractivity contribution in [3.8, 4) is 5.75 Å². The van der Waals surface area contributed by atoms with Crippen molar-refractivity contribution in [3.05, 3.63) is 24.3 Å². The number of ether oxygens (including phenoxy) is 2. The fourth-order valence-electron chi connectivity index (χ4n) is 2.24. The van der Waals surface area contributed by atoms with Crippen LogP contribution in [-0.4, -0.2) is 49.0 Å². The first kappa shape index (κ1) is 17.4. The number of nitrogens with one attached hydrogen (secondary N) is 1. The van der Waals surface area contributed by atoms with Gasteiger partial charge in [-0.2, -0.15) is 13.2 Å². The first-order chi connectivity index (χ1) is 10.8. The molecule has 23 heavy (non-hydrogen) atoms. The van der Waals surface area contributed by atoms with Gasteiger partial charge in [0, 0.05) is 18.3 Å². The minimum absolute atomic E-state index is 0.0449. The van der Waals surface area contributed by atoms with Crippen molar-refractivity contribution in [3.63, 3.8) is 0 Å². The van der Waals surface area contributed by atoms with Crippen LogP contribution in [0.4, 0.5) is 23.7 Å². The Morgan fingerprint density at radius 3 is 2.87 bits per heavy atom. The summed E-state index contributed by atoms with van der Waals surface area (Å²) in [6.07, 6.45) is -4.48. The smallest absolute Gasteiger partial charge is 0.422 e. The molecule has 1 saturated heterocycles. The number of urea groups is 1. The van der Waals surface area contributed by atoms with Crippen LogP contribution in [0.3, 0.4) is 0 Å². The van der Waals surface area contributed by atoms with Crippen LogP contribution in [0.5, 0.6) is 5.75 Å². The van der Waals surface area contributed by atoms with Crippen molar-refractivity contribution in [2.24, 2.45) is 0 Å². The van der Waals surface area contributed by atoms with Gasteiger partial charge in [0.1, 0.15) is 5.75 Å². The SMILES string of the molecule is C[C@H]1OCCN(C(=O)Nc2cccc(OCC(F)(F)F)c2)[C@H]1C. The van der Waals surface area contributed by atoms with Crippen molar-refractivity contribution in [2.45, 2.75) is 32.2 Å². The molecule has 5 nitrogen and oxygen atoms in total.